The van der Waals surface area contributed by atoms with Gasteiger partial charge in [0.2, 0.25) is 0 Å². The summed E-state index contributed by atoms with van der Waals surface area (Å²) in [6.07, 6.45) is -0.481. The van der Waals surface area contributed by atoms with Gasteiger partial charge in [0, 0.05) is 4.90 Å². The van der Waals surface area contributed by atoms with Crippen molar-refractivity contribution in [3.05, 3.63) is 53.6 Å². The second-order valence-electron chi connectivity index (χ2n) is 4.88. The molecule has 3 nitrogen and oxygen atoms in total. The van der Waals surface area contributed by atoms with Gasteiger partial charge in [-0.25, -0.2) is 4.98 Å². The molecule has 0 spiro atoms. The SMILES string of the molecule is Cc1ccc2nc(Sc3ccccc3[C@H](C)O)[nH]c2c1. The van der Waals surface area contributed by atoms with Crippen molar-refractivity contribution in [2.45, 2.75) is 30.0 Å². The van der Waals surface area contributed by atoms with E-state index in [2.05, 4.69) is 29.0 Å². The predicted octanol–water partition coefficient (Wildman–Crippen LogP) is 4.08. The summed E-state index contributed by atoms with van der Waals surface area (Å²) in [5.41, 5.74) is 4.14. The first-order chi connectivity index (χ1) is 9.63. The van der Waals surface area contributed by atoms with Gasteiger partial charge in [-0.1, -0.05) is 36.0 Å². The Morgan fingerprint density at radius 3 is 2.80 bits per heavy atom. The first-order valence-corrected chi connectivity index (χ1v) is 7.36. The molecule has 0 saturated carbocycles. The molecule has 1 aromatic heterocycles. The van der Waals surface area contributed by atoms with Crippen molar-refractivity contribution in [1.82, 2.24) is 9.97 Å². The highest BCUT2D eigenvalue weighted by Gasteiger charge is 2.11. The van der Waals surface area contributed by atoms with Crippen molar-refractivity contribution in [3.8, 4) is 0 Å². The minimum atomic E-state index is -0.481. The maximum Gasteiger partial charge on any atom is 0.171 e. The fraction of sp³-hybridized carbons (Fsp3) is 0.188. The van der Waals surface area contributed by atoms with Crippen LogP contribution in [0.2, 0.25) is 0 Å². The van der Waals surface area contributed by atoms with Crippen molar-refractivity contribution in [1.29, 1.82) is 0 Å². The van der Waals surface area contributed by atoms with E-state index in [1.54, 1.807) is 18.7 Å². The zero-order chi connectivity index (χ0) is 14.1. The summed E-state index contributed by atoms with van der Waals surface area (Å²) in [4.78, 5) is 8.92. The molecule has 0 unspecified atom stereocenters. The number of H-pyrrole nitrogens is 1. The Morgan fingerprint density at radius 1 is 1.20 bits per heavy atom. The number of aromatic amines is 1. The Kier molecular flexibility index (Phi) is 3.51. The molecule has 3 rings (SSSR count). The van der Waals surface area contributed by atoms with Crippen molar-refractivity contribution in [3.63, 3.8) is 0 Å². The molecule has 2 N–H and O–H groups in total. The molecule has 0 amide bonds. The highest BCUT2D eigenvalue weighted by molar-refractivity contribution is 7.99. The molecule has 0 aliphatic carbocycles. The zero-order valence-electron chi connectivity index (χ0n) is 11.4. The lowest BCUT2D eigenvalue weighted by Crippen LogP contribution is -1.93. The topological polar surface area (TPSA) is 48.9 Å². The van der Waals surface area contributed by atoms with E-state index in [0.29, 0.717) is 0 Å². The van der Waals surface area contributed by atoms with Crippen LogP contribution in [0.3, 0.4) is 0 Å². The maximum atomic E-state index is 9.81. The number of aryl methyl sites for hydroxylation is 1. The second-order valence-corrected chi connectivity index (χ2v) is 5.91. The number of aliphatic hydroxyl groups is 1. The van der Waals surface area contributed by atoms with Crippen LogP contribution in [0.5, 0.6) is 0 Å². The van der Waals surface area contributed by atoms with Crippen LogP contribution >= 0.6 is 11.8 Å². The van der Waals surface area contributed by atoms with Gasteiger partial charge < -0.3 is 10.1 Å². The van der Waals surface area contributed by atoms with Crippen LogP contribution in [0, 0.1) is 6.92 Å². The summed E-state index contributed by atoms with van der Waals surface area (Å²) < 4.78 is 0. The second kappa shape index (κ2) is 5.31. The number of nitrogens with zero attached hydrogens (tertiary/aromatic N) is 1. The molecule has 0 fully saturated rings. The van der Waals surface area contributed by atoms with Gasteiger partial charge in [0.25, 0.3) is 0 Å². The van der Waals surface area contributed by atoms with E-state index < -0.39 is 6.10 Å². The smallest absolute Gasteiger partial charge is 0.171 e. The minimum absolute atomic E-state index is 0.481. The minimum Gasteiger partial charge on any atom is -0.389 e. The van der Waals surface area contributed by atoms with Crippen LogP contribution in [-0.4, -0.2) is 15.1 Å². The van der Waals surface area contributed by atoms with Crippen molar-refractivity contribution < 1.29 is 5.11 Å². The Labute approximate surface area is 122 Å². The molecule has 0 aliphatic rings. The van der Waals surface area contributed by atoms with Crippen LogP contribution in [0.15, 0.2) is 52.5 Å². The molecular weight excluding hydrogens is 268 g/mol. The monoisotopic (exact) mass is 284 g/mol. The van der Waals surface area contributed by atoms with Crippen LogP contribution in [0.25, 0.3) is 11.0 Å². The molecule has 0 radical (unpaired) electrons. The van der Waals surface area contributed by atoms with Gasteiger partial charge in [0.15, 0.2) is 5.16 Å². The quantitative estimate of drug-likeness (QED) is 0.762. The van der Waals surface area contributed by atoms with Gasteiger partial charge in [-0.2, -0.15) is 0 Å². The number of aliphatic hydroxyl groups excluding tert-OH is 1. The fourth-order valence-electron chi connectivity index (χ4n) is 2.17. The third-order valence-corrected chi connectivity index (χ3v) is 4.17. The number of nitrogens with one attached hydrogen (secondary N) is 1. The third-order valence-electron chi connectivity index (χ3n) is 3.19. The molecule has 4 heteroatoms. The molecule has 0 bridgehead atoms. The Balaban J connectivity index is 1.97. The van der Waals surface area contributed by atoms with E-state index in [0.717, 1.165) is 26.6 Å². The van der Waals surface area contributed by atoms with Gasteiger partial charge in [0.05, 0.1) is 17.1 Å². The molecule has 3 aromatic rings. The normalized spacial score (nSPS) is 12.8. The lowest BCUT2D eigenvalue weighted by atomic mass is 10.1. The van der Waals surface area contributed by atoms with E-state index in [1.807, 2.05) is 30.3 Å². The number of hydrogen-bond acceptors (Lipinski definition) is 3. The van der Waals surface area contributed by atoms with Gasteiger partial charge >= 0.3 is 0 Å². The summed E-state index contributed by atoms with van der Waals surface area (Å²) in [7, 11) is 0. The van der Waals surface area contributed by atoms with Gasteiger partial charge in [-0.15, -0.1) is 0 Å². The van der Waals surface area contributed by atoms with Crippen molar-refractivity contribution in [2.75, 3.05) is 0 Å². The maximum absolute atomic E-state index is 9.81. The molecule has 1 atom stereocenters. The fourth-order valence-corrected chi connectivity index (χ4v) is 3.19. The lowest BCUT2D eigenvalue weighted by molar-refractivity contribution is 0.196. The zero-order valence-corrected chi connectivity index (χ0v) is 12.2. The highest BCUT2D eigenvalue weighted by Crippen LogP contribution is 2.32. The lowest BCUT2D eigenvalue weighted by Gasteiger charge is -2.09. The Hall–Kier alpha value is -1.78. The molecule has 0 saturated heterocycles. The van der Waals surface area contributed by atoms with Crippen LogP contribution in [0.4, 0.5) is 0 Å². The number of fused-ring (bicyclic) bond motifs is 1. The summed E-state index contributed by atoms with van der Waals surface area (Å²) in [6.45, 7) is 3.84. The van der Waals surface area contributed by atoms with Crippen molar-refractivity contribution >= 4 is 22.8 Å². The molecule has 0 aliphatic heterocycles. The van der Waals surface area contributed by atoms with Crippen LogP contribution in [-0.2, 0) is 0 Å². The number of hydrogen-bond donors (Lipinski definition) is 2. The van der Waals surface area contributed by atoms with Crippen LogP contribution < -0.4 is 0 Å². The first-order valence-electron chi connectivity index (χ1n) is 6.55. The Morgan fingerprint density at radius 2 is 2.00 bits per heavy atom. The highest BCUT2D eigenvalue weighted by atomic mass is 32.2. The largest absolute Gasteiger partial charge is 0.389 e. The predicted molar refractivity (Wildman–Crippen MR) is 82.0 cm³/mol. The average molecular weight is 284 g/mol. The Bertz CT molecular complexity index is 749. The van der Waals surface area contributed by atoms with E-state index in [1.165, 1.54) is 5.56 Å². The molecule has 1 heterocycles. The number of rotatable bonds is 3. The first kappa shape index (κ1) is 13.2. The standard InChI is InChI=1S/C16H16N2OS/c1-10-7-8-13-14(9-10)18-16(17-13)20-15-6-4-3-5-12(15)11(2)19/h3-9,11,19H,1-2H3,(H,17,18)/t11-/m0/s1. The average Bonchev–Trinajstić information content (AvgIpc) is 2.80. The number of aromatic nitrogens is 2. The van der Waals surface area contributed by atoms with Gasteiger partial charge in [-0.3, -0.25) is 0 Å². The molecular formula is C16H16N2OS. The molecule has 2 aromatic carbocycles. The summed E-state index contributed by atoms with van der Waals surface area (Å²) in [5, 5.41) is 10.7. The summed E-state index contributed by atoms with van der Waals surface area (Å²) in [5.74, 6) is 0. The summed E-state index contributed by atoms with van der Waals surface area (Å²) >= 11 is 1.55. The van der Waals surface area contributed by atoms with Crippen molar-refractivity contribution in [2.24, 2.45) is 0 Å². The van der Waals surface area contributed by atoms with E-state index in [4.69, 9.17) is 0 Å². The molecule has 20 heavy (non-hydrogen) atoms. The summed E-state index contributed by atoms with van der Waals surface area (Å²) in [6, 6.07) is 14.0. The van der Waals surface area contributed by atoms with Crippen LogP contribution in [0.1, 0.15) is 24.2 Å². The molecule has 102 valence electrons. The van der Waals surface area contributed by atoms with E-state index in [9.17, 15) is 5.11 Å². The van der Waals surface area contributed by atoms with E-state index >= 15 is 0 Å². The van der Waals surface area contributed by atoms with Gasteiger partial charge in [-0.05, 0) is 43.2 Å². The third kappa shape index (κ3) is 2.57. The van der Waals surface area contributed by atoms with Gasteiger partial charge in [0.1, 0.15) is 0 Å². The van der Waals surface area contributed by atoms with E-state index in [-0.39, 0.29) is 0 Å². The number of imidazole rings is 1. The number of benzene rings is 2.